The molecule has 31 heavy (non-hydrogen) atoms. The SMILES string of the molecule is CCc1cccc(CC2N=C(c3ccc(OC)cc3)c3cc(Cl)ccc3N(C)C2=O)c1. The number of amides is 1. The van der Waals surface area contributed by atoms with Crippen LogP contribution in [0.4, 0.5) is 5.69 Å². The average molecular weight is 433 g/mol. The van der Waals surface area contributed by atoms with Crippen LogP contribution in [0.5, 0.6) is 5.75 Å². The van der Waals surface area contributed by atoms with Crippen LogP contribution in [0.2, 0.25) is 5.02 Å². The Labute approximate surface area is 188 Å². The van der Waals surface area contributed by atoms with Crippen molar-refractivity contribution in [3.63, 3.8) is 0 Å². The zero-order valence-corrected chi connectivity index (χ0v) is 18.7. The van der Waals surface area contributed by atoms with Gasteiger partial charge in [-0.2, -0.15) is 0 Å². The van der Waals surface area contributed by atoms with Gasteiger partial charge in [-0.1, -0.05) is 42.8 Å². The van der Waals surface area contributed by atoms with Crippen LogP contribution < -0.4 is 9.64 Å². The summed E-state index contributed by atoms with van der Waals surface area (Å²) in [5, 5.41) is 0.606. The number of hydrogen-bond acceptors (Lipinski definition) is 3. The Morgan fingerprint density at radius 2 is 1.77 bits per heavy atom. The number of ether oxygens (including phenoxy) is 1. The first kappa shape index (κ1) is 21.1. The van der Waals surface area contributed by atoms with Gasteiger partial charge in [-0.05, 0) is 60.0 Å². The summed E-state index contributed by atoms with van der Waals surface area (Å²) in [6.45, 7) is 2.13. The van der Waals surface area contributed by atoms with Crippen molar-refractivity contribution in [3.05, 3.63) is 94.0 Å². The fourth-order valence-corrected chi connectivity index (χ4v) is 4.10. The highest BCUT2D eigenvalue weighted by atomic mass is 35.5. The second-order valence-electron chi connectivity index (χ2n) is 7.66. The van der Waals surface area contributed by atoms with Crippen LogP contribution >= 0.6 is 11.6 Å². The number of anilines is 1. The number of carbonyl (C=O) groups excluding carboxylic acids is 1. The lowest BCUT2D eigenvalue weighted by Crippen LogP contribution is -2.36. The fraction of sp³-hybridized carbons (Fsp3) is 0.231. The molecule has 0 saturated heterocycles. The third-order valence-corrected chi connectivity index (χ3v) is 5.90. The quantitative estimate of drug-likeness (QED) is 0.546. The molecule has 0 fully saturated rings. The number of fused-ring (bicyclic) bond motifs is 1. The van der Waals surface area contributed by atoms with E-state index in [2.05, 4.69) is 25.1 Å². The van der Waals surface area contributed by atoms with E-state index < -0.39 is 6.04 Å². The molecule has 3 aromatic rings. The van der Waals surface area contributed by atoms with Gasteiger partial charge in [0.15, 0.2) is 0 Å². The molecule has 3 aromatic carbocycles. The van der Waals surface area contributed by atoms with E-state index in [9.17, 15) is 4.79 Å². The van der Waals surface area contributed by atoms with Crippen LogP contribution in [-0.2, 0) is 17.6 Å². The molecule has 1 aliphatic heterocycles. The first-order chi connectivity index (χ1) is 15.0. The first-order valence-corrected chi connectivity index (χ1v) is 10.8. The van der Waals surface area contributed by atoms with E-state index in [1.54, 1.807) is 25.1 Å². The second kappa shape index (κ2) is 8.94. The Kier molecular flexibility index (Phi) is 6.10. The Morgan fingerprint density at radius 3 is 2.48 bits per heavy atom. The van der Waals surface area contributed by atoms with Crippen LogP contribution in [0.25, 0.3) is 0 Å². The summed E-state index contributed by atoms with van der Waals surface area (Å²) in [6, 6.07) is 21.1. The number of benzodiazepines with no additional fused rings is 1. The summed E-state index contributed by atoms with van der Waals surface area (Å²) in [5.74, 6) is 0.736. The molecule has 0 bridgehead atoms. The minimum Gasteiger partial charge on any atom is -0.497 e. The summed E-state index contributed by atoms with van der Waals surface area (Å²) in [7, 11) is 3.44. The Hall–Kier alpha value is -3.11. The van der Waals surface area contributed by atoms with Crippen LogP contribution in [0.1, 0.15) is 29.2 Å². The van der Waals surface area contributed by atoms with Gasteiger partial charge in [0.05, 0.1) is 18.5 Å². The second-order valence-corrected chi connectivity index (χ2v) is 8.09. The average Bonchev–Trinajstić information content (AvgIpc) is 2.89. The summed E-state index contributed by atoms with van der Waals surface area (Å²) in [4.78, 5) is 20.1. The summed E-state index contributed by atoms with van der Waals surface area (Å²) < 4.78 is 5.30. The summed E-state index contributed by atoms with van der Waals surface area (Å²) >= 11 is 6.34. The summed E-state index contributed by atoms with van der Waals surface area (Å²) in [5.41, 5.74) is 5.68. The van der Waals surface area contributed by atoms with Gasteiger partial charge >= 0.3 is 0 Å². The lowest BCUT2D eigenvalue weighted by Gasteiger charge is -2.20. The molecule has 0 saturated carbocycles. The van der Waals surface area contributed by atoms with Crippen molar-refractivity contribution >= 4 is 28.9 Å². The van der Waals surface area contributed by atoms with E-state index in [4.69, 9.17) is 21.3 Å². The van der Waals surface area contributed by atoms with Crippen molar-refractivity contribution in [1.29, 1.82) is 0 Å². The minimum atomic E-state index is -0.527. The smallest absolute Gasteiger partial charge is 0.251 e. The van der Waals surface area contributed by atoms with Crippen LogP contribution in [0, 0.1) is 0 Å². The topological polar surface area (TPSA) is 41.9 Å². The molecular weight excluding hydrogens is 408 g/mol. The number of halogens is 1. The number of benzene rings is 3. The highest BCUT2D eigenvalue weighted by Crippen LogP contribution is 2.31. The fourth-order valence-electron chi connectivity index (χ4n) is 3.92. The van der Waals surface area contributed by atoms with E-state index in [1.807, 2.05) is 42.5 Å². The van der Waals surface area contributed by atoms with Crippen LogP contribution in [0.3, 0.4) is 0 Å². The Balaban J connectivity index is 1.83. The lowest BCUT2D eigenvalue weighted by molar-refractivity contribution is -0.119. The Morgan fingerprint density at radius 1 is 1.03 bits per heavy atom. The van der Waals surface area contributed by atoms with Crippen molar-refractivity contribution in [2.24, 2.45) is 4.99 Å². The molecule has 1 unspecified atom stereocenters. The molecule has 0 N–H and O–H groups in total. The van der Waals surface area contributed by atoms with E-state index >= 15 is 0 Å². The molecule has 4 nitrogen and oxygen atoms in total. The first-order valence-electron chi connectivity index (χ1n) is 10.4. The molecule has 1 atom stereocenters. The van der Waals surface area contributed by atoms with Gasteiger partial charge < -0.3 is 9.64 Å². The largest absolute Gasteiger partial charge is 0.497 e. The highest BCUT2D eigenvalue weighted by Gasteiger charge is 2.30. The molecule has 0 radical (unpaired) electrons. The minimum absolute atomic E-state index is 0.0333. The normalized spacial score (nSPS) is 15.9. The third kappa shape index (κ3) is 4.35. The number of hydrogen-bond donors (Lipinski definition) is 0. The third-order valence-electron chi connectivity index (χ3n) is 5.67. The number of rotatable bonds is 5. The molecule has 0 spiro atoms. The predicted octanol–water partition coefficient (Wildman–Crippen LogP) is 5.34. The van der Waals surface area contributed by atoms with Crippen molar-refractivity contribution in [1.82, 2.24) is 0 Å². The van der Waals surface area contributed by atoms with Crippen molar-refractivity contribution in [3.8, 4) is 5.75 Å². The lowest BCUT2D eigenvalue weighted by atomic mass is 9.99. The summed E-state index contributed by atoms with van der Waals surface area (Å²) in [6.07, 6.45) is 1.50. The van der Waals surface area contributed by atoms with E-state index in [1.165, 1.54) is 5.56 Å². The molecule has 158 valence electrons. The maximum atomic E-state index is 13.4. The standard InChI is InChI=1S/C26H25ClN2O2/c1-4-17-6-5-7-18(14-17)15-23-26(30)29(2)24-13-10-20(27)16-22(24)25(28-23)19-8-11-21(31-3)12-9-19/h5-14,16,23H,4,15H2,1-3H3. The molecule has 1 amide bonds. The molecule has 5 heteroatoms. The number of carbonyl (C=O) groups is 1. The monoisotopic (exact) mass is 432 g/mol. The van der Waals surface area contributed by atoms with E-state index in [0.717, 1.165) is 40.3 Å². The van der Waals surface area contributed by atoms with Crippen LogP contribution in [0.15, 0.2) is 71.7 Å². The molecule has 0 aromatic heterocycles. The van der Waals surface area contributed by atoms with Gasteiger partial charge in [0.2, 0.25) is 0 Å². The van der Waals surface area contributed by atoms with Crippen molar-refractivity contribution in [2.45, 2.75) is 25.8 Å². The van der Waals surface area contributed by atoms with Gasteiger partial charge in [0, 0.05) is 29.6 Å². The zero-order valence-electron chi connectivity index (χ0n) is 17.9. The van der Waals surface area contributed by atoms with Gasteiger partial charge in [-0.25, -0.2) is 0 Å². The highest BCUT2D eigenvalue weighted by molar-refractivity contribution is 6.32. The van der Waals surface area contributed by atoms with E-state index in [-0.39, 0.29) is 5.91 Å². The van der Waals surface area contributed by atoms with Crippen molar-refractivity contribution in [2.75, 3.05) is 19.1 Å². The van der Waals surface area contributed by atoms with Crippen LogP contribution in [-0.4, -0.2) is 31.8 Å². The molecule has 0 aliphatic carbocycles. The van der Waals surface area contributed by atoms with Gasteiger partial charge in [0.25, 0.3) is 5.91 Å². The van der Waals surface area contributed by atoms with Crippen molar-refractivity contribution < 1.29 is 9.53 Å². The number of methoxy groups -OCH3 is 1. The molecule has 1 heterocycles. The van der Waals surface area contributed by atoms with E-state index in [0.29, 0.717) is 11.4 Å². The maximum absolute atomic E-state index is 13.4. The van der Waals surface area contributed by atoms with Gasteiger partial charge in [-0.3, -0.25) is 9.79 Å². The zero-order chi connectivity index (χ0) is 22.0. The number of aryl methyl sites for hydroxylation is 1. The molecular formula is C26H25ClN2O2. The predicted molar refractivity (Wildman–Crippen MR) is 127 cm³/mol. The number of aliphatic imine (C=N–C) groups is 1. The molecule has 1 aliphatic rings. The number of nitrogens with zero attached hydrogens (tertiary/aromatic N) is 2. The maximum Gasteiger partial charge on any atom is 0.251 e. The van der Waals surface area contributed by atoms with Gasteiger partial charge in [-0.15, -0.1) is 0 Å². The van der Waals surface area contributed by atoms with Gasteiger partial charge in [0.1, 0.15) is 11.8 Å². The Bertz CT molecular complexity index is 1140. The molecule has 4 rings (SSSR count). The number of likely N-dealkylation sites (N-methyl/N-ethyl adjacent to an activating group) is 1.